The number of amides is 1. The Morgan fingerprint density at radius 3 is 2.58 bits per heavy atom. The van der Waals surface area contributed by atoms with Crippen LogP contribution in [0.4, 0.5) is 11.5 Å². The van der Waals surface area contributed by atoms with Crippen molar-refractivity contribution in [1.29, 1.82) is 0 Å². The van der Waals surface area contributed by atoms with Crippen LogP contribution in [0.1, 0.15) is 16.1 Å². The molecule has 0 unspecified atom stereocenters. The molecule has 0 aliphatic heterocycles. The number of anilines is 2. The van der Waals surface area contributed by atoms with Crippen LogP contribution in [0.5, 0.6) is 0 Å². The minimum absolute atomic E-state index is 0.0457. The highest BCUT2D eigenvalue weighted by Gasteiger charge is 2.16. The number of nitrogens with two attached hydrogens (primary N) is 1. The molecule has 0 bridgehead atoms. The van der Waals surface area contributed by atoms with Gasteiger partial charge in [0.05, 0.1) is 0 Å². The van der Waals surface area contributed by atoms with Crippen LogP contribution in [0.25, 0.3) is 0 Å². The number of H-pyrrole nitrogens is 1. The summed E-state index contributed by atoms with van der Waals surface area (Å²) in [6.45, 7) is 0. The molecule has 0 saturated heterocycles. The molecule has 0 radical (unpaired) electrons. The number of aromatic nitrogens is 2. The third-order valence-corrected chi connectivity index (χ3v) is 5.15. The summed E-state index contributed by atoms with van der Waals surface area (Å²) in [5, 5.41) is 2.79. The summed E-state index contributed by atoms with van der Waals surface area (Å²) in [6, 6.07) is 10.9. The van der Waals surface area contributed by atoms with Crippen LogP contribution in [0, 0.1) is 0 Å². The molecule has 1 aromatic carbocycles. The molecule has 0 aliphatic carbocycles. The molecule has 0 atom stereocenters. The lowest BCUT2D eigenvalue weighted by Gasteiger charge is -2.07. The van der Waals surface area contributed by atoms with Crippen molar-refractivity contribution in [2.24, 2.45) is 0 Å². The van der Waals surface area contributed by atoms with Gasteiger partial charge in [-0.15, -0.1) is 0 Å². The SMILES string of the molecule is Nc1nc(SCc2ccc(Br)cc2)[nH]c(=O)c1NC(=O)c1ccc(Br)o1. The zero-order chi connectivity index (χ0) is 18.7. The average Bonchev–Trinajstić information content (AvgIpc) is 3.04. The third-order valence-electron chi connectivity index (χ3n) is 3.25. The predicted molar refractivity (Wildman–Crippen MR) is 107 cm³/mol. The number of rotatable bonds is 5. The molecule has 0 saturated carbocycles. The molecule has 0 fully saturated rings. The van der Waals surface area contributed by atoms with Gasteiger partial charge in [0.25, 0.3) is 11.5 Å². The van der Waals surface area contributed by atoms with E-state index < -0.39 is 11.5 Å². The quantitative estimate of drug-likeness (QED) is 0.361. The van der Waals surface area contributed by atoms with Crippen LogP contribution in [-0.4, -0.2) is 15.9 Å². The molecule has 0 spiro atoms. The minimum atomic E-state index is -0.593. The summed E-state index contributed by atoms with van der Waals surface area (Å²) in [5.74, 6) is 0.00211. The van der Waals surface area contributed by atoms with Gasteiger partial charge in [0.1, 0.15) is 0 Å². The number of nitrogens with zero attached hydrogens (tertiary/aromatic N) is 1. The number of hydrogen-bond donors (Lipinski definition) is 3. The van der Waals surface area contributed by atoms with Gasteiger partial charge in [0.15, 0.2) is 27.1 Å². The van der Waals surface area contributed by atoms with Gasteiger partial charge in [-0.25, -0.2) is 4.98 Å². The Morgan fingerprint density at radius 2 is 1.96 bits per heavy atom. The lowest BCUT2D eigenvalue weighted by Crippen LogP contribution is -2.22. The zero-order valence-electron chi connectivity index (χ0n) is 13.1. The second kappa shape index (κ2) is 8.11. The lowest BCUT2D eigenvalue weighted by atomic mass is 10.2. The monoisotopic (exact) mass is 498 g/mol. The summed E-state index contributed by atoms with van der Waals surface area (Å²) in [6.07, 6.45) is 0. The Hall–Kier alpha value is -2.04. The Kier molecular flexibility index (Phi) is 5.84. The number of hydrogen-bond acceptors (Lipinski definition) is 6. The molecule has 2 heterocycles. The zero-order valence-corrected chi connectivity index (χ0v) is 17.1. The second-order valence-corrected chi connectivity index (χ2v) is 7.77. The van der Waals surface area contributed by atoms with E-state index in [4.69, 9.17) is 10.2 Å². The molecule has 7 nitrogen and oxygen atoms in total. The Morgan fingerprint density at radius 1 is 1.23 bits per heavy atom. The second-order valence-electron chi connectivity index (χ2n) is 5.10. The van der Waals surface area contributed by atoms with Crippen molar-refractivity contribution >= 4 is 61.0 Å². The first-order valence-corrected chi connectivity index (χ1v) is 9.83. The van der Waals surface area contributed by atoms with Crippen molar-refractivity contribution in [3.63, 3.8) is 0 Å². The molecule has 3 aromatic rings. The van der Waals surface area contributed by atoms with Crippen molar-refractivity contribution in [2.75, 3.05) is 11.1 Å². The van der Waals surface area contributed by atoms with Gasteiger partial charge in [0.2, 0.25) is 0 Å². The molecule has 1 amide bonds. The molecular weight excluding hydrogens is 488 g/mol. The van der Waals surface area contributed by atoms with E-state index in [9.17, 15) is 9.59 Å². The number of carbonyl (C=O) groups is 1. The highest BCUT2D eigenvalue weighted by atomic mass is 79.9. The first-order chi connectivity index (χ1) is 12.4. The Bertz CT molecular complexity index is 1000. The summed E-state index contributed by atoms with van der Waals surface area (Å²) < 4.78 is 6.54. The van der Waals surface area contributed by atoms with E-state index in [-0.39, 0.29) is 17.3 Å². The van der Waals surface area contributed by atoms with Gasteiger partial charge in [-0.05, 0) is 45.8 Å². The summed E-state index contributed by atoms with van der Waals surface area (Å²) in [7, 11) is 0. The largest absolute Gasteiger partial charge is 0.444 e. The normalized spacial score (nSPS) is 10.7. The van der Waals surface area contributed by atoms with E-state index >= 15 is 0 Å². The molecule has 2 aromatic heterocycles. The van der Waals surface area contributed by atoms with E-state index in [1.54, 1.807) is 6.07 Å². The Balaban J connectivity index is 1.72. The maximum atomic E-state index is 12.2. The average molecular weight is 500 g/mol. The molecule has 4 N–H and O–H groups in total. The van der Waals surface area contributed by atoms with Crippen LogP contribution in [-0.2, 0) is 5.75 Å². The maximum Gasteiger partial charge on any atom is 0.291 e. The maximum absolute atomic E-state index is 12.2. The van der Waals surface area contributed by atoms with Crippen molar-refractivity contribution < 1.29 is 9.21 Å². The van der Waals surface area contributed by atoms with Crippen molar-refractivity contribution in [3.8, 4) is 0 Å². The number of aromatic amines is 1. The molecule has 0 aliphatic rings. The van der Waals surface area contributed by atoms with E-state index in [0.29, 0.717) is 15.6 Å². The molecule has 134 valence electrons. The highest BCUT2D eigenvalue weighted by molar-refractivity contribution is 9.10. The number of benzene rings is 1. The van der Waals surface area contributed by atoms with Crippen LogP contribution in [0.2, 0.25) is 0 Å². The number of thioether (sulfide) groups is 1. The van der Waals surface area contributed by atoms with Crippen molar-refractivity contribution in [2.45, 2.75) is 10.9 Å². The van der Waals surface area contributed by atoms with Crippen LogP contribution < -0.4 is 16.6 Å². The van der Waals surface area contributed by atoms with E-state index in [0.717, 1.165) is 10.0 Å². The number of furan rings is 1. The minimum Gasteiger partial charge on any atom is -0.444 e. The third kappa shape index (κ3) is 4.57. The van der Waals surface area contributed by atoms with Gasteiger partial charge in [-0.3, -0.25) is 14.6 Å². The number of nitrogens with one attached hydrogen (secondary N) is 2. The number of nitrogen functional groups attached to an aromatic ring is 1. The molecular formula is C16H12Br2N4O3S. The first-order valence-electron chi connectivity index (χ1n) is 7.26. The fourth-order valence-electron chi connectivity index (χ4n) is 2.00. The predicted octanol–water partition coefficient (Wildman–Crippen LogP) is 4.01. The van der Waals surface area contributed by atoms with Gasteiger partial charge < -0.3 is 15.5 Å². The van der Waals surface area contributed by atoms with Gasteiger partial charge >= 0.3 is 0 Å². The summed E-state index contributed by atoms with van der Waals surface area (Å²) in [5.41, 5.74) is 6.26. The smallest absolute Gasteiger partial charge is 0.291 e. The van der Waals surface area contributed by atoms with E-state index in [1.165, 1.54) is 17.8 Å². The highest BCUT2D eigenvalue weighted by Crippen LogP contribution is 2.22. The van der Waals surface area contributed by atoms with Crippen LogP contribution in [0.15, 0.2) is 59.9 Å². The van der Waals surface area contributed by atoms with E-state index in [1.807, 2.05) is 24.3 Å². The van der Waals surface area contributed by atoms with Crippen molar-refractivity contribution in [1.82, 2.24) is 9.97 Å². The fourth-order valence-corrected chi connectivity index (χ4v) is 3.40. The molecule has 10 heteroatoms. The van der Waals surface area contributed by atoms with Gasteiger partial charge in [-0.1, -0.05) is 39.8 Å². The van der Waals surface area contributed by atoms with Crippen molar-refractivity contribution in [3.05, 3.63) is 67.2 Å². The van der Waals surface area contributed by atoms with Gasteiger partial charge in [-0.2, -0.15) is 0 Å². The molecule has 26 heavy (non-hydrogen) atoms. The van der Waals surface area contributed by atoms with Crippen LogP contribution >= 0.6 is 43.6 Å². The number of carbonyl (C=O) groups excluding carboxylic acids is 1. The molecule has 3 rings (SSSR count). The van der Waals surface area contributed by atoms with E-state index in [2.05, 4.69) is 47.1 Å². The lowest BCUT2D eigenvalue weighted by molar-refractivity contribution is 0.0995. The van der Waals surface area contributed by atoms with Gasteiger partial charge in [0, 0.05) is 10.2 Å². The number of halogens is 2. The summed E-state index contributed by atoms with van der Waals surface area (Å²) in [4.78, 5) is 31.1. The summed E-state index contributed by atoms with van der Waals surface area (Å²) >= 11 is 7.82. The Labute approximate surface area is 169 Å². The standard InChI is InChI=1S/C16H12Br2N4O3S/c17-9-3-1-8(2-4-9)7-26-16-21-13(19)12(15(24)22-16)20-14(23)10-5-6-11(18)25-10/h1-6H,7H2,(H,20,23)(H3,19,21,22,24). The first kappa shape index (κ1) is 18.7. The topological polar surface area (TPSA) is 114 Å². The fraction of sp³-hybridized carbons (Fsp3) is 0.0625. The van der Waals surface area contributed by atoms with Crippen LogP contribution in [0.3, 0.4) is 0 Å².